The summed E-state index contributed by atoms with van der Waals surface area (Å²) in [7, 11) is 0. The molecule has 174 valence electrons. The quantitative estimate of drug-likeness (QED) is 0.312. The van der Waals surface area contributed by atoms with Crippen LogP contribution >= 0.6 is 11.6 Å². The summed E-state index contributed by atoms with van der Waals surface area (Å²) in [5, 5.41) is 9.08. The van der Waals surface area contributed by atoms with Crippen molar-refractivity contribution in [3.8, 4) is 11.5 Å². The molecule has 3 aromatic rings. The Balaban J connectivity index is 0.000000151. The number of hydrogen-bond donors (Lipinski definition) is 2. The van der Waals surface area contributed by atoms with Crippen molar-refractivity contribution < 1.29 is 14.3 Å². The fourth-order valence-electron chi connectivity index (χ4n) is 3.67. The van der Waals surface area contributed by atoms with Crippen LogP contribution in [0.4, 0.5) is 0 Å². The number of carbonyl (C=O) groups excluding carboxylic acids is 1. The van der Waals surface area contributed by atoms with Gasteiger partial charge in [-0.05, 0) is 65.8 Å². The van der Waals surface area contributed by atoms with E-state index in [2.05, 4.69) is 20.6 Å². The number of nitrogens with zero attached hydrogens (tertiary/aromatic N) is 3. The number of hydrazine groups is 1. The zero-order valence-corrected chi connectivity index (χ0v) is 19.1. The molecule has 1 aliphatic carbocycles. The minimum atomic E-state index is -0.358. The van der Waals surface area contributed by atoms with Crippen LogP contribution in [0.15, 0.2) is 94.9 Å². The average Bonchev–Trinajstić information content (AvgIpc) is 3.54. The highest BCUT2D eigenvalue weighted by Crippen LogP contribution is 2.36. The fourth-order valence-corrected chi connectivity index (χ4v) is 3.80. The third-order valence-corrected chi connectivity index (χ3v) is 5.74. The lowest BCUT2D eigenvalue weighted by molar-refractivity contribution is -0.111. The van der Waals surface area contributed by atoms with E-state index in [9.17, 15) is 4.79 Å². The second-order valence-electron chi connectivity index (χ2n) is 7.70. The highest BCUT2D eigenvalue weighted by Gasteiger charge is 2.25. The molecule has 9 heteroatoms. The minimum Gasteiger partial charge on any atom is -0.454 e. The van der Waals surface area contributed by atoms with E-state index in [1.165, 1.54) is 0 Å². The van der Waals surface area contributed by atoms with Crippen LogP contribution in [0, 0.1) is 0 Å². The van der Waals surface area contributed by atoms with Crippen molar-refractivity contribution >= 4 is 34.7 Å². The van der Waals surface area contributed by atoms with E-state index in [1.54, 1.807) is 24.5 Å². The molecule has 0 bridgehead atoms. The van der Waals surface area contributed by atoms with E-state index in [4.69, 9.17) is 26.9 Å². The first-order chi connectivity index (χ1) is 17.1. The molecule has 0 saturated carbocycles. The van der Waals surface area contributed by atoms with Crippen molar-refractivity contribution in [3.05, 3.63) is 106 Å². The maximum Gasteiger partial charge on any atom is 0.231 e. The predicted octanol–water partition coefficient (Wildman–Crippen LogP) is 4.80. The number of hydrogen-bond acceptors (Lipinski definition) is 8. The molecule has 2 aromatic carbocycles. The number of halogens is 1. The Kier molecular flexibility index (Phi) is 6.49. The van der Waals surface area contributed by atoms with Crippen molar-refractivity contribution in [2.75, 3.05) is 6.79 Å². The van der Waals surface area contributed by atoms with Gasteiger partial charge in [-0.25, -0.2) is 5.43 Å². The molecule has 8 nitrogen and oxygen atoms in total. The van der Waals surface area contributed by atoms with Gasteiger partial charge in [-0.3, -0.25) is 15.6 Å². The van der Waals surface area contributed by atoms with Gasteiger partial charge in [-0.1, -0.05) is 29.8 Å². The lowest BCUT2D eigenvalue weighted by atomic mass is 9.98. The molecule has 1 unspecified atom stereocenters. The molecule has 2 aliphatic heterocycles. The van der Waals surface area contributed by atoms with E-state index in [0.717, 1.165) is 45.0 Å². The molecule has 1 aromatic heterocycles. The van der Waals surface area contributed by atoms with Crippen molar-refractivity contribution in [2.24, 2.45) is 16.1 Å². The number of nitrogens with two attached hydrogens (primary N) is 1. The number of nitrogens with one attached hydrogen (secondary N) is 1. The van der Waals surface area contributed by atoms with Gasteiger partial charge in [-0.2, -0.15) is 10.2 Å². The van der Waals surface area contributed by atoms with E-state index in [-0.39, 0.29) is 18.7 Å². The Morgan fingerprint density at radius 2 is 1.74 bits per heavy atom. The maximum absolute atomic E-state index is 11.1. The predicted molar refractivity (Wildman–Crippen MR) is 133 cm³/mol. The van der Waals surface area contributed by atoms with Crippen molar-refractivity contribution in [3.63, 3.8) is 0 Å². The van der Waals surface area contributed by atoms with Crippen molar-refractivity contribution in [1.82, 2.24) is 10.4 Å². The van der Waals surface area contributed by atoms with Gasteiger partial charge in [0.25, 0.3) is 0 Å². The second kappa shape index (κ2) is 10.0. The standard InChI is InChI=1S/C14H12ClN5.C12H8O3/c15-11-3-1-10(2-4-11)13-12(14(18-16)20-19-13)9-5-7-17-8-6-9;13-10-3-2-9(10)5-8-1-4-11-12(6-8)15-7-14-11/h1-8,14,18H,16H2;1-6H,7H2. The number of rotatable bonds is 4. The highest BCUT2D eigenvalue weighted by molar-refractivity contribution is 6.30. The minimum absolute atomic E-state index is 0.0765. The normalized spacial score (nSPS) is 18.5. The van der Waals surface area contributed by atoms with Crippen molar-refractivity contribution in [2.45, 2.75) is 6.17 Å². The number of azo groups is 1. The lowest BCUT2D eigenvalue weighted by Gasteiger charge is -2.11. The number of allylic oxidation sites excluding steroid dienone is 3. The molecule has 1 atom stereocenters. The molecular weight excluding hydrogens is 466 g/mol. The van der Waals surface area contributed by atoms with E-state index < -0.39 is 0 Å². The van der Waals surface area contributed by atoms with Gasteiger partial charge in [0, 0.05) is 34.1 Å². The maximum atomic E-state index is 11.1. The lowest BCUT2D eigenvalue weighted by Crippen LogP contribution is -2.33. The first kappa shape index (κ1) is 22.7. The molecule has 6 rings (SSSR count). The van der Waals surface area contributed by atoms with E-state index in [0.29, 0.717) is 5.02 Å². The van der Waals surface area contributed by atoms with Crippen molar-refractivity contribution in [1.29, 1.82) is 0 Å². The van der Waals surface area contributed by atoms with Crippen LogP contribution in [0.2, 0.25) is 5.02 Å². The van der Waals surface area contributed by atoms with Crippen LogP contribution in [0.25, 0.3) is 17.3 Å². The summed E-state index contributed by atoms with van der Waals surface area (Å²) in [4.78, 5) is 15.1. The molecular formula is C26H20ClN5O3. The number of ether oxygens (including phenoxy) is 2. The van der Waals surface area contributed by atoms with Gasteiger partial charge in [0.15, 0.2) is 23.4 Å². The fraction of sp³-hybridized carbons (Fsp3) is 0.0769. The molecule has 0 amide bonds. The number of ketones is 1. The zero-order valence-electron chi connectivity index (χ0n) is 18.4. The topological polar surface area (TPSA) is 111 Å². The van der Waals surface area contributed by atoms with Gasteiger partial charge in [0.2, 0.25) is 6.79 Å². The monoisotopic (exact) mass is 485 g/mol. The van der Waals surface area contributed by atoms with Crippen LogP contribution < -0.4 is 20.7 Å². The van der Waals surface area contributed by atoms with Crippen LogP contribution in [-0.4, -0.2) is 23.7 Å². The number of fused-ring (bicyclic) bond motifs is 1. The van der Waals surface area contributed by atoms with Gasteiger partial charge < -0.3 is 9.47 Å². The molecule has 3 heterocycles. The Bertz CT molecular complexity index is 1380. The number of pyridine rings is 1. The van der Waals surface area contributed by atoms with Crippen LogP contribution in [0.3, 0.4) is 0 Å². The van der Waals surface area contributed by atoms with Crippen LogP contribution in [0.5, 0.6) is 11.5 Å². The molecule has 0 saturated heterocycles. The highest BCUT2D eigenvalue weighted by atomic mass is 35.5. The summed E-state index contributed by atoms with van der Waals surface area (Å²) < 4.78 is 10.4. The third-order valence-electron chi connectivity index (χ3n) is 5.49. The Morgan fingerprint density at radius 3 is 2.43 bits per heavy atom. The second-order valence-corrected chi connectivity index (χ2v) is 8.14. The summed E-state index contributed by atoms with van der Waals surface area (Å²) >= 11 is 5.92. The molecule has 35 heavy (non-hydrogen) atoms. The number of benzene rings is 2. The molecule has 0 radical (unpaired) electrons. The first-order valence-electron chi connectivity index (χ1n) is 10.7. The van der Waals surface area contributed by atoms with Gasteiger partial charge in [0.1, 0.15) is 0 Å². The number of carbonyl (C=O) groups is 1. The molecule has 0 fully saturated rings. The van der Waals surface area contributed by atoms with Gasteiger partial charge >= 0.3 is 0 Å². The summed E-state index contributed by atoms with van der Waals surface area (Å²) in [6.45, 7) is 0.272. The van der Waals surface area contributed by atoms with Gasteiger partial charge in [0.05, 0.1) is 5.70 Å². The smallest absolute Gasteiger partial charge is 0.231 e. The summed E-state index contributed by atoms with van der Waals surface area (Å²) in [6, 6.07) is 16.9. The van der Waals surface area contributed by atoms with E-state index >= 15 is 0 Å². The molecule has 0 spiro atoms. The third kappa shape index (κ3) is 4.90. The summed E-state index contributed by atoms with van der Waals surface area (Å²) in [5.74, 6) is 7.12. The first-order valence-corrected chi connectivity index (χ1v) is 11.1. The van der Waals surface area contributed by atoms with Crippen LogP contribution in [0.1, 0.15) is 16.7 Å². The molecule has 3 aliphatic rings. The van der Waals surface area contributed by atoms with Crippen LogP contribution in [-0.2, 0) is 4.79 Å². The molecule has 3 N–H and O–H groups in total. The Labute approximate surface area is 206 Å². The average molecular weight is 486 g/mol. The zero-order chi connectivity index (χ0) is 24.2. The Morgan fingerprint density at radius 1 is 0.971 bits per heavy atom. The Hall–Kier alpha value is -4.11. The summed E-state index contributed by atoms with van der Waals surface area (Å²) in [6.07, 6.45) is 8.29. The largest absolute Gasteiger partial charge is 0.454 e. The summed E-state index contributed by atoms with van der Waals surface area (Å²) in [5.41, 5.74) is 7.99. The van der Waals surface area contributed by atoms with E-state index in [1.807, 2.05) is 60.7 Å². The SMILES string of the molecule is NNC1N=NC(c2ccc(Cl)cc2)=C1c1ccncc1.O=C1C=CC1=Cc1ccc2c(c1)OCO2. The number of aromatic nitrogens is 1. The van der Waals surface area contributed by atoms with Gasteiger partial charge in [-0.15, -0.1) is 0 Å².